The average molecular weight is 250 g/mol. The third kappa shape index (κ3) is 4.05. The zero-order valence-electron chi connectivity index (χ0n) is 9.83. The van der Waals surface area contributed by atoms with Gasteiger partial charge >= 0.3 is 11.9 Å². The molecule has 0 spiro atoms. The molecule has 0 rings (SSSR count). The molecule has 0 aromatic rings. The molecule has 1 atom stereocenters. The topological polar surface area (TPSA) is 54.0 Å². The van der Waals surface area contributed by atoms with Gasteiger partial charge in [-0.25, -0.2) is 4.79 Å². The summed E-state index contributed by atoms with van der Waals surface area (Å²) in [5, 5.41) is 0. The summed E-state index contributed by atoms with van der Waals surface area (Å²) in [7, 11) is 4.20. The van der Waals surface area contributed by atoms with Gasteiger partial charge in [0.25, 0.3) is 0 Å². The van der Waals surface area contributed by atoms with E-state index < -0.39 is 18.0 Å². The largest absolute Gasteiger partial charge is 0.402 e. The summed E-state index contributed by atoms with van der Waals surface area (Å²) < 4.78 is 20.1. The van der Waals surface area contributed by atoms with E-state index in [2.05, 4.69) is 6.58 Å². The van der Waals surface area contributed by atoms with Crippen molar-refractivity contribution in [2.45, 2.75) is 25.9 Å². The van der Waals surface area contributed by atoms with Crippen molar-refractivity contribution in [2.75, 3.05) is 21.3 Å². The van der Waals surface area contributed by atoms with Gasteiger partial charge in [0.2, 0.25) is 0 Å². The lowest BCUT2D eigenvalue weighted by atomic mass is 10.3. The fraction of sp³-hybridized carbons (Fsp3) is 0.700. The number of carbonyl (C=O) groups is 1. The first kappa shape index (κ1) is 17.7. The Hall–Kier alpha value is -0.693. The van der Waals surface area contributed by atoms with E-state index in [9.17, 15) is 4.79 Å². The molecular formula is C10H22O5Si. The smallest absolute Gasteiger partial charge is 0.356 e. The normalized spacial score (nSPS) is 12.6. The van der Waals surface area contributed by atoms with Crippen LogP contribution in [0.25, 0.3) is 0 Å². The highest BCUT2D eigenvalue weighted by Gasteiger charge is 2.42. The highest BCUT2D eigenvalue weighted by molar-refractivity contribution is 5.87. The zero-order valence-corrected chi connectivity index (χ0v) is 9.83. The molecular weight excluding hydrogens is 228 g/mol. The summed E-state index contributed by atoms with van der Waals surface area (Å²) in [6, 6.07) is 0. The van der Waals surface area contributed by atoms with Gasteiger partial charge in [-0.05, 0) is 24.8 Å². The minimum atomic E-state index is -1.54. The quantitative estimate of drug-likeness (QED) is 0.279. The number of carbonyl (C=O) groups excluding carboxylic acids is 1. The van der Waals surface area contributed by atoms with Crippen LogP contribution < -0.4 is 0 Å². The van der Waals surface area contributed by atoms with Gasteiger partial charge in [0.15, 0.2) is 0 Å². The molecule has 0 aromatic carbocycles. The molecule has 0 amide bonds. The molecule has 5 nitrogen and oxygen atoms in total. The van der Waals surface area contributed by atoms with E-state index in [0.717, 1.165) is 0 Å². The molecule has 0 heterocycles. The van der Waals surface area contributed by atoms with E-state index in [-0.39, 0.29) is 16.5 Å². The van der Waals surface area contributed by atoms with E-state index in [1.807, 2.05) is 0 Å². The number of rotatable bonds is 6. The molecule has 0 saturated carbocycles. The molecule has 0 aliphatic heterocycles. The predicted octanol–water partition coefficient (Wildman–Crippen LogP) is -0.364. The van der Waals surface area contributed by atoms with Crippen LogP contribution in [0.3, 0.4) is 0 Å². The lowest BCUT2D eigenvalue weighted by Crippen LogP contribution is -2.49. The molecule has 0 fully saturated rings. The second-order valence-electron chi connectivity index (χ2n) is 3.06. The van der Waals surface area contributed by atoms with Crippen LogP contribution in [0, 0.1) is 0 Å². The van der Waals surface area contributed by atoms with Crippen molar-refractivity contribution in [2.24, 2.45) is 0 Å². The number of esters is 1. The number of methoxy groups -OCH3 is 3. The second-order valence-corrected chi connectivity index (χ2v) is 3.06. The van der Waals surface area contributed by atoms with E-state index >= 15 is 0 Å². The van der Waals surface area contributed by atoms with E-state index in [1.54, 1.807) is 6.92 Å². The van der Waals surface area contributed by atoms with E-state index in [0.29, 0.717) is 0 Å². The van der Waals surface area contributed by atoms with Crippen molar-refractivity contribution >= 4 is 16.9 Å². The SMILES string of the molecule is C=C(C)C(=O)OC(OC)(OC)C(C)OC.[SiH4]. The van der Waals surface area contributed by atoms with Crippen molar-refractivity contribution in [3.63, 3.8) is 0 Å². The number of hydrogen-bond acceptors (Lipinski definition) is 5. The maximum Gasteiger partial charge on any atom is 0.356 e. The molecule has 6 heteroatoms. The van der Waals surface area contributed by atoms with E-state index in [1.165, 1.54) is 28.3 Å². The van der Waals surface area contributed by atoms with Crippen LogP contribution in [0.1, 0.15) is 13.8 Å². The molecule has 0 aliphatic carbocycles. The van der Waals surface area contributed by atoms with Crippen LogP contribution in [0.15, 0.2) is 12.2 Å². The van der Waals surface area contributed by atoms with Crippen LogP contribution in [0.2, 0.25) is 0 Å². The highest BCUT2D eigenvalue weighted by Crippen LogP contribution is 2.21. The zero-order chi connectivity index (χ0) is 12.1. The van der Waals surface area contributed by atoms with Gasteiger partial charge in [-0.3, -0.25) is 0 Å². The third-order valence-electron chi connectivity index (χ3n) is 2.00. The molecule has 0 N–H and O–H groups in total. The van der Waals surface area contributed by atoms with Crippen LogP contribution in [-0.4, -0.2) is 50.3 Å². The van der Waals surface area contributed by atoms with Gasteiger partial charge < -0.3 is 18.9 Å². The minimum Gasteiger partial charge on any atom is -0.402 e. The average Bonchev–Trinajstić information content (AvgIpc) is 2.24. The van der Waals surface area contributed by atoms with Crippen LogP contribution in [0.5, 0.6) is 0 Å². The van der Waals surface area contributed by atoms with Crippen molar-refractivity contribution in [1.82, 2.24) is 0 Å². The van der Waals surface area contributed by atoms with Gasteiger partial charge in [-0.2, -0.15) is 0 Å². The predicted molar refractivity (Wildman–Crippen MR) is 65.5 cm³/mol. The second kappa shape index (κ2) is 7.56. The molecule has 0 aliphatic rings. The number of ether oxygens (including phenoxy) is 4. The first-order valence-electron chi connectivity index (χ1n) is 4.45. The van der Waals surface area contributed by atoms with Crippen molar-refractivity contribution in [3.8, 4) is 0 Å². The molecule has 16 heavy (non-hydrogen) atoms. The van der Waals surface area contributed by atoms with Crippen LogP contribution >= 0.6 is 0 Å². The molecule has 0 radical (unpaired) electrons. The monoisotopic (exact) mass is 250 g/mol. The summed E-state index contributed by atoms with van der Waals surface area (Å²) in [6.07, 6.45) is -0.559. The molecule has 96 valence electrons. The van der Waals surface area contributed by atoms with Gasteiger partial charge in [0.1, 0.15) is 6.10 Å². The minimum absolute atomic E-state index is 0. The molecule has 0 bridgehead atoms. The Kier molecular flexibility index (Phi) is 8.36. The summed E-state index contributed by atoms with van der Waals surface area (Å²) in [5.41, 5.74) is 0.261. The Bertz CT molecular complexity index is 237. The van der Waals surface area contributed by atoms with Crippen molar-refractivity contribution < 1.29 is 23.7 Å². The van der Waals surface area contributed by atoms with Gasteiger partial charge in [-0.1, -0.05) is 6.58 Å². The Morgan fingerprint density at radius 3 is 1.94 bits per heavy atom. The fourth-order valence-electron chi connectivity index (χ4n) is 0.942. The maximum atomic E-state index is 11.4. The van der Waals surface area contributed by atoms with Crippen molar-refractivity contribution in [3.05, 3.63) is 12.2 Å². The molecule has 0 saturated heterocycles. The number of hydrogen-bond donors (Lipinski definition) is 0. The lowest BCUT2D eigenvalue weighted by Gasteiger charge is -2.33. The van der Waals surface area contributed by atoms with Gasteiger partial charge in [-0.15, -0.1) is 0 Å². The van der Waals surface area contributed by atoms with Gasteiger partial charge in [0.05, 0.1) is 0 Å². The summed E-state index contributed by atoms with van der Waals surface area (Å²) in [6.45, 7) is 6.67. The van der Waals surface area contributed by atoms with Crippen LogP contribution in [0.4, 0.5) is 0 Å². The third-order valence-corrected chi connectivity index (χ3v) is 2.00. The van der Waals surface area contributed by atoms with Crippen molar-refractivity contribution in [1.29, 1.82) is 0 Å². The molecule has 0 aromatic heterocycles. The van der Waals surface area contributed by atoms with Crippen LogP contribution in [-0.2, 0) is 23.7 Å². The van der Waals surface area contributed by atoms with E-state index in [4.69, 9.17) is 18.9 Å². The standard InChI is InChI=1S/C10H18O5.H4Si/c1-7(2)9(11)15-10(13-5,14-6)8(3)12-4;/h8H,1H2,2-6H3;1H4. The Labute approximate surface area is 101 Å². The summed E-state index contributed by atoms with van der Waals surface area (Å²) in [4.78, 5) is 11.4. The lowest BCUT2D eigenvalue weighted by molar-refractivity contribution is -0.378. The van der Waals surface area contributed by atoms with Gasteiger partial charge in [0, 0.05) is 26.9 Å². The summed E-state index contributed by atoms with van der Waals surface area (Å²) >= 11 is 0. The fourth-order valence-corrected chi connectivity index (χ4v) is 0.942. The maximum absolute atomic E-state index is 11.4. The Morgan fingerprint density at radius 1 is 1.25 bits per heavy atom. The summed E-state index contributed by atoms with van der Waals surface area (Å²) in [5.74, 6) is -2.13. The Morgan fingerprint density at radius 2 is 1.69 bits per heavy atom. The highest BCUT2D eigenvalue weighted by atomic mass is 28.1. The first-order valence-corrected chi connectivity index (χ1v) is 4.45. The Balaban J connectivity index is 0. The molecule has 1 unspecified atom stereocenters. The first-order chi connectivity index (χ1) is 6.93.